The SMILES string of the molecule is NN[C@H](c1ccc(Cl)cc1)c1cc(F)ccc1O. The summed E-state index contributed by atoms with van der Waals surface area (Å²) in [4.78, 5) is 0. The molecular weight excluding hydrogens is 255 g/mol. The highest BCUT2D eigenvalue weighted by atomic mass is 35.5. The van der Waals surface area contributed by atoms with Gasteiger partial charge in [0.15, 0.2) is 0 Å². The minimum Gasteiger partial charge on any atom is -0.508 e. The van der Waals surface area contributed by atoms with Crippen molar-refractivity contribution in [2.75, 3.05) is 0 Å². The number of nitrogens with one attached hydrogen (secondary N) is 1. The number of phenols is 1. The molecule has 0 aliphatic carbocycles. The number of benzene rings is 2. The molecule has 0 saturated heterocycles. The zero-order chi connectivity index (χ0) is 13.1. The van der Waals surface area contributed by atoms with Crippen LogP contribution in [0.4, 0.5) is 4.39 Å². The lowest BCUT2D eigenvalue weighted by molar-refractivity contribution is 0.455. The molecule has 0 heterocycles. The van der Waals surface area contributed by atoms with E-state index >= 15 is 0 Å². The van der Waals surface area contributed by atoms with Crippen molar-refractivity contribution < 1.29 is 9.50 Å². The van der Waals surface area contributed by atoms with E-state index < -0.39 is 11.9 Å². The van der Waals surface area contributed by atoms with Crippen molar-refractivity contribution in [1.82, 2.24) is 5.43 Å². The number of nitrogens with two attached hydrogens (primary N) is 1. The van der Waals surface area contributed by atoms with E-state index in [4.69, 9.17) is 17.4 Å². The second kappa shape index (κ2) is 5.35. The van der Waals surface area contributed by atoms with Crippen LogP contribution in [0.25, 0.3) is 0 Å². The van der Waals surface area contributed by atoms with E-state index in [0.717, 1.165) is 5.56 Å². The molecule has 0 aliphatic rings. The summed E-state index contributed by atoms with van der Waals surface area (Å²) in [6, 6.07) is 10.2. The van der Waals surface area contributed by atoms with Gasteiger partial charge in [-0.15, -0.1) is 0 Å². The first kappa shape index (κ1) is 12.8. The number of aromatic hydroxyl groups is 1. The molecule has 0 saturated carbocycles. The predicted molar refractivity (Wildman–Crippen MR) is 68.7 cm³/mol. The molecule has 18 heavy (non-hydrogen) atoms. The quantitative estimate of drug-likeness (QED) is 0.591. The minimum absolute atomic E-state index is 0.0192. The lowest BCUT2D eigenvalue weighted by Crippen LogP contribution is -2.28. The Morgan fingerprint density at radius 1 is 1.17 bits per heavy atom. The van der Waals surface area contributed by atoms with Crippen LogP contribution >= 0.6 is 11.6 Å². The number of hydrogen-bond donors (Lipinski definition) is 3. The maximum Gasteiger partial charge on any atom is 0.123 e. The Kier molecular flexibility index (Phi) is 3.81. The van der Waals surface area contributed by atoms with Crippen molar-refractivity contribution in [3.8, 4) is 5.75 Å². The van der Waals surface area contributed by atoms with Crippen molar-refractivity contribution in [3.63, 3.8) is 0 Å². The van der Waals surface area contributed by atoms with E-state index in [1.807, 2.05) is 0 Å². The summed E-state index contributed by atoms with van der Waals surface area (Å²) < 4.78 is 13.2. The summed E-state index contributed by atoms with van der Waals surface area (Å²) >= 11 is 5.80. The Morgan fingerprint density at radius 2 is 1.83 bits per heavy atom. The minimum atomic E-state index is -0.502. The molecule has 0 radical (unpaired) electrons. The fourth-order valence-electron chi connectivity index (χ4n) is 1.78. The summed E-state index contributed by atoms with van der Waals surface area (Å²) in [5, 5.41) is 10.4. The van der Waals surface area contributed by atoms with E-state index in [2.05, 4.69) is 5.43 Å². The summed E-state index contributed by atoms with van der Waals surface area (Å²) in [6.07, 6.45) is 0. The monoisotopic (exact) mass is 266 g/mol. The molecule has 2 rings (SSSR count). The van der Waals surface area contributed by atoms with Crippen LogP contribution in [-0.4, -0.2) is 5.11 Å². The van der Waals surface area contributed by atoms with E-state index in [0.29, 0.717) is 10.6 Å². The zero-order valence-corrected chi connectivity index (χ0v) is 10.2. The Bertz CT molecular complexity index is 545. The van der Waals surface area contributed by atoms with Crippen molar-refractivity contribution in [2.45, 2.75) is 6.04 Å². The average molecular weight is 267 g/mol. The molecular formula is C13H12ClFN2O. The van der Waals surface area contributed by atoms with Crippen molar-refractivity contribution in [2.24, 2.45) is 5.84 Å². The first-order valence-electron chi connectivity index (χ1n) is 5.32. The Hall–Kier alpha value is -1.62. The van der Waals surface area contributed by atoms with Gasteiger partial charge >= 0.3 is 0 Å². The second-order valence-corrected chi connectivity index (χ2v) is 4.29. The molecule has 0 unspecified atom stereocenters. The van der Waals surface area contributed by atoms with E-state index in [1.54, 1.807) is 24.3 Å². The molecule has 94 valence electrons. The van der Waals surface area contributed by atoms with Gasteiger partial charge in [-0.1, -0.05) is 23.7 Å². The molecule has 0 aliphatic heterocycles. The van der Waals surface area contributed by atoms with Crippen molar-refractivity contribution in [3.05, 3.63) is 64.4 Å². The molecule has 2 aromatic carbocycles. The standard InChI is InChI=1S/C13H12ClFN2O/c14-9-3-1-8(2-4-9)13(17-16)11-7-10(15)5-6-12(11)18/h1-7,13,17-18H,16H2/t13-/m1/s1. The third kappa shape index (κ3) is 2.61. The molecule has 0 fully saturated rings. The van der Waals surface area contributed by atoms with Crippen LogP contribution < -0.4 is 11.3 Å². The topological polar surface area (TPSA) is 58.3 Å². The van der Waals surface area contributed by atoms with Crippen LogP contribution in [0.3, 0.4) is 0 Å². The van der Waals surface area contributed by atoms with Gasteiger partial charge in [0.25, 0.3) is 0 Å². The maximum absolute atomic E-state index is 13.2. The summed E-state index contributed by atoms with van der Waals surface area (Å²) in [7, 11) is 0. The molecule has 0 amide bonds. The normalized spacial score (nSPS) is 12.4. The third-order valence-corrected chi connectivity index (χ3v) is 2.92. The molecule has 0 spiro atoms. The molecule has 0 bridgehead atoms. The first-order valence-corrected chi connectivity index (χ1v) is 5.69. The molecule has 2 aromatic rings. The lowest BCUT2D eigenvalue weighted by Gasteiger charge is -2.18. The van der Waals surface area contributed by atoms with Gasteiger partial charge in [-0.3, -0.25) is 5.84 Å². The van der Waals surface area contributed by atoms with Crippen LogP contribution in [-0.2, 0) is 0 Å². The van der Waals surface area contributed by atoms with Crippen molar-refractivity contribution in [1.29, 1.82) is 0 Å². The number of phenolic OH excluding ortho intramolecular Hbond substituents is 1. The van der Waals surface area contributed by atoms with Gasteiger partial charge in [0.1, 0.15) is 11.6 Å². The molecule has 4 N–H and O–H groups in total. The van der Waals surface area contributed by atoms with Gasteiger partial charge in [0, 0.05) is 10.6 Å². The fraction of sp³-hybridized carbons (Fsp3) is 0.0769. The lowest BCUT2D eigenvalue weighted by atomic mass is 9.98. The number of rotatable bonds is 3. The number of hydrazine groups is 1. The van der Waals surface area contributed by atoms with E-state index in [9.17, 15) is 9.50 Å². The predicted octanol–water partition coefficient (Wildman–Crippen LogP) is 2.74. The van der Waals surface area contributed by atoms with Crippen LogP contribution in [0.1, 0.15) is 17.2 Å². The second-order valence-electron chi connectivity index (χ2n) is 3.85. The number of hydrogen-bond acceptors (Lipinski definition) is 3. The highest BCUT2D eigenvalue weighted by Crippen LogP contribution is 2.29. The van der Waals surface area contributed by atoms with Crippen LogP contribution in [0.2, 0.25) is 5.02 Å². The Balaban J connectivity index is 2.44. The molecule has 1 atom stereocenters. The third-order valence-electron chi connectivity index (χ3n) is 2.67. The largest absolute Gasteiger partial charge is 0.508 e. The van der Waals surface area contributed by atoms with E-state index in [1.165, 1.54) is 18.2 Å². The van der Waals surface area contributed by atoms with Gasteiger partial charge in [-0.25, -0.2) is 9.82 Å². The zero-order valence-electron chi connectivity index (χ0n) is 9.40. The average Bonchev–Trinajstić information content (AvgIpc) is 2.37. The fourth-order valence-corrected chi connectivity index (χ4v) is 1.90. The maximum atomic E-state index is 13.2. The summed E-state index contributed by atoms with van der Waals surface area (Å²) in [5.41, 5.74) is 3.71. The van der Waals surface area contributed by atoms with Crippen molar-refractivity contribution >= 4 is 11.6 Å². The van der Waals surface area contributed by atoms with Gasteiger partial charge < -0.3 is 5.11 Å². The Labute approximate surface area is 109 Å². The first-order chi connectivity index (χ1) is 8.61. The summed E-state index contributed by atoms with van der Waals surface area (Å²) in [6.45, 7) is 0. The Morgan fingerprint density at radius 3 is 2.44 bits per heavy atom. The molecule has 0 aromatic heterocycles. The van der Waals surface area contributed by atoms with Gasteiger partial charge in [0.05, 0.1) is 6.04 Å². The number of halogens is 2. The van der Waals surface area contributed by atoms with Crippen LogP contribution in [0.5, 0.6) is 5.75 Å². The van der Waals surface area contributed by atoms with Crippen LogP contribution in [0, 0.1) is 5.82 Å². The highest BCUT2D eigenvalue weighted by Gasteiger charge is 2.16. The summed E-state index contributed by atoms with van der Waals surface area (Å²) in [5.74, 6) is 5.02. The highest BCUT2D eigenvalue weighted by molar-refractivity contribution is 6.30. The molecule has 5 heteroatoms. The van der Waals surface area contributed by atoms with E-state index in [-0.39, 0.29) is 5.75 Å². The van der Waals surface area contributed by atoms with Gasteiger partial charge in [-0.05, 0) is 35.9 Å². The smallest absolute Gasteiger partial charge is 0.123 e. The van der Waals surface area contributed by atoms with Crippen LogP contribution in [0.15, 0.2) is 42.5 Å². The van der Waals surface area contributed by atoms with Gasteiger partial charge in [0.2, 0.25) is 0 Å². The molecule has 3 nitrogen and oxygen atoms in total. The van der Waals surface area contributed by atoms with Gasteiger partial charge in [-0.2, -0.15) is 0 Å².